The van der Waals surface area contributed by atoms with E-state index in [0.29, 0.717) is 29.4 Å². The van der Waals surface area contributed by atoms with Crippen LogP contribution < -0.4 is 37.4 Å². The van der Waals surface area contributed by atoms with E-state index in [4.69, 9.17) is 16.3 Å². The second-order valence-electron chi connectivity index (χ2n) is 7.39. The number of likely N-dealkylation sites (N-methyl/N-ethyl adjacent to an activating group) is 1. The van der Waals surface area contributed by atoms with Crippen LogP contribution in [0, 0.1) is 0 Å². The fraction of sp³-hybridized carbons (Fsp3) is 0.250. The number of hydrazine groups is 3. The van der Waals surface area contributed by atoms with Crippen molar-refractivity contribution in [2.45, 2.75) is 12.6 Å². The van der Waals surface area contributed by atoms with E-state index in [0.717, 1.165) is 5.56 Å². The van der Waals surface area contributed by atoms with E-state index in [9.17, 15) is 9.59 Å². The third kappa shape index (κ3) is 4.08. The molecule has 7 N–H and O–H groups in total. The Labute approximate surface area is 184 Å². The normalized spacial score (nSPS) is 18.3. The highest BCUT2D eigenvalue weighted by Crippen LogP contribution is 2.36. The Morgan fingerprint density at radius 1 is 1.28 bits per heavy atom. The number of fused-ring (bicyclic) bond motifs is 1. The van der Waals surface area contributed by atoms with Crippen LogP contribution in [0.1, 0.15) is 5.56 Å². The molecule has 1 atom stereocenters. The number of nitrogens with two attached hydrogens (primary N) is 2. The maximum atomic E-state index is 13.0. The molecule has 0 saturated heterocycles. The van der Waals surface area contributed by atoms with Gasteiger partial charge in [-0.15, -0.1) is 10.2 Å². The van der Waals surface area contributed by atoms with Gasteiger partial charge < -0.3 is 26.1 Å². The molecule has 12 heteroatoms. The molecule has 4 rings (SSSR count). The minimum Gasteiger partial charge on any atom is -0.489 e. The predicted octanol–water partition coefficient (Wildman–Crippen LogP) is -0.425. The fourth-order valence-electron chi connectivity index (χ4n) is 3.41. The molecule has 12 nitrogen and oxygen atoms in total. The van der Waals surface area contributed by atoms with Gasteiger partial charge in [-0.1, -0.05) is 30.3 Å². The summed E-state index contributed by atoms with van der Waals surface area (Å²) >= 11 is 0. The van der Waals surface area contributed by atoms with E-state index >= 15 is 0 Å². The Morgan fingerprint density at radius 3 is 2.75 bits per heavy atom. The molecule has 0 fully saturated rings. The summed E-state index contributed by atoms with van der Waals surface area (Å²) in [7, 11) is 3.33. The van der Waals surface area contributed by atoms with Crippen LogP contribution in [0.4, 0.5) is 17.1 Å². The minimum absolute atomic E-state index is 0.0628. The fourth-order valence-corrected chi connectivity index (χ4v) is 3.41. The van der Waals surface area contributed by atoms with Crippen molar-refractivity contribution in [2.24, 2.45) is 10.9 Å². The highest BCUT2D eigenvalue weighted by atomic mass is 16.5. The van der Waals surface area contributed by atoms with E-state index < -0.39 is 11.9 Å². The topological polar surface area (TPSA) is 154 Å². The zero-order valence-corrected chi connectivity index (χ0v) is 17.7. The Morgan fingerprint density at radius 2 is 2.03 bits per heavy atom. The lowest BCUT2D eigenvalue weighted by Crippen LogP contribution is -2.53. The van der Waals surface area contributed by atoms with Crippen molar-refractivity contribution in [3.63, 3.8) is 0 Å². The standard InChI is InChI=1S/C20H25N9O3/c1-27-16-8-13(21)14(24-22)9-17(16)32-11-15(20(27)31)23-19(30)18-25-28(2)29(26-18)10-12-6-4-3-5-7-12/h3-9,15,24H,10-11,21-22H2,1-2H3,(H,23,30)(H,25,26). The van der Waals surface area contributed by atoms with Crippen molar-refractivity contribution in [1.29, 1.82) is 0 Å². The van der Waals surface area contributed by atoms with E-state index in [1.54, 1.807) is 36.5 Å². The van der Waals surface area contributed by atoms with Crippen molar-refractivity contribution in [3.8, 4) is 5.75 Å². The molecular weight excluding hydrogens is 414 g/mol. The van der Waals surface area contributed by atoms with Crippen molar-refractivity contribution in [1.82, 2.24) is 21.0 Å². The maximum Gasteiger partial charge on any atom is 0.290 e. The lowest BCUT2D eigenvalue weighted by atomic mass is 10.2. The summed E-state index contributed by atoms with van der Waals surface area (Å²) in [5, 5.41) is 10.2. The number of benzene rings is 2. The maximum absolute atomic E-state index is 13.0. The number of ether oxygens (including phenoxy) is 1. The van der Waals surface area contributed by atoms with E-state index in [1.165, 1.54) is 4.90 Å². The van der Waals surface area contributed by atoms with Gasteiger partial charge in [-0.05, 0) is 11.6 Å². The van der Waals surface area contributed by atoms with Crippen LogP contribution in [-0.2, 0) is 16.1 Å². The van der Waals surface area contributed by atoms with Crippen LogP contribution in [0.2, 0.25) is 0 Å². The van der Waals surface area contributed by atoms with Gasteiger partial charge in [0, 0.05) is 20.2 Å². The van der Waals surface area contributed by atoms with Crippen molar-refractivity contribution in [3.05, 3.63) is 48.0 Å². The summed E-state index contributed by atoms with van der Waals surface area (Å²) in [4.78, 5) is 27.2. The number of nitrogens with one attached hydrogen (secondary N) is 3. The first-order chi connectivity index (χ1) is 15.4. The Kier molecular flexibility index (Phi) is 5.71. The second-order valence-corrected chi connectivity index (χ2v) is 7.39. The number of carbonyl (C=O) groups is 2. The largest absolute Gasteiger partial charge is 0.489 e. The molecule has 2 aliphatic rings. The first kappa shape index (κ1) is 21.2. The van der Waals surface area contributed by atoms with E-state index in [1.807, 2.05) is 30.3 Å². The summed E-state index contributed by atoms with van der Waals surface area (Å²) in [6, 6.07) is 12.0. The summed E-state index contributed by atoms with van der Waals surface area (Å²) in [6.45, 7) is 0.413. The van der Waals surface area contributed by atoms with Gasteiger partial charge in [-0.3, -0.25) is 20.9 Å². The van der Waals surface area contributed by atoms with Gasteiger partial charge in [0.25, 0.3) is 11.8 Å². The summed E-state index contributed by atoms with van der Waals surface area (Å²) in [5.74, 6) is 5.08. The Hall–Kier alpha value is -4.03. The van der Waals surface area contributed by atoms with Crippen LogP contribution >= 0.6 is 0 Å². The average Bonchev–Trinajstić information content (AvgIpc) is 3.11. The minimum atomic E-state index is -0.923. The van der Waals surface area contributed by atoms with Gasteiger partial charge in [0.2, 0.25) is 5.84 Å². The van der Waals surface area contributed by atoms with Crippen molar-refractivity contribution in [2.75, 3.05) is 36.8 Å². The van der Waals surface area contributed by atoms with Crippen LogP contribution in [0.3, 0.4) is 0 Å². The summed E-state index contributed by atoms with van der Waals surface area (Å²) < 4.78 is 5.77. The van der Waals surface area contributed by atoms with Crippen LogP contribution in [-0.4, -0.2) is 54.6 Å². The zero-order valence-electron chi connectivity index (χ0n) is 17.7. The van der Waals surface area contributed by atoms with Gasteiger partial charge in [-0.2, -0.15) is 0 Å². The molecule has 0 aromatic heterocycles. The third-order valence-electron chi connectivity index (χ3n) is 5.20. The quantitative estimate of drug-likeness (QED) is 0.237. The first-order valence-corrected chi connectivity index (χ1v) is 9.89. The highest BCUT2D eigenvalue weighted by molar-refractivity contribution is 6.38. The highest BCUT2D eigenvalue weighted by Gasteiger charge is 2.34. The molecule has 2 aliphatic heterocycles. The van der Waals surface area contributed by atoms with Crippen molar-refractivity contribution >= 4 is 34.7 Å². The number of hydrazone groups is 1. The molecule has 32 heavy (non-hydrogen) atoms. The number of hydrogen-bond acceptors (Lipinski definition) is 10. The average molecular weight is 439 g/mol. The molecule has 0 radical (unpaired) electrons. The SMILES string of the molecule is CN1C(=O)C(NC(=O)C2=NN(Cc3ccccc3)N(C)N2)COc2cc(NN)c(N)cc21. The summed E-state index contributed by atoms with van der Waals surface area (Å²) in [6.07, 6.45) is 0. The molecular formula is C20H25N9O3. The Bertz CT molecular complexity index is 1060. The number of carbonyl (C=O) groups excluding carboxylic acids is 2. The van der Waals surface area contributed by atoms with Crippen LogP contribution in [0.25, 0.3) is 0 Å². The molecule has 2 heterocycles. The number of amidine groups is 1. The number of amides is 2. The number of nitrogens with zero attached hydrogens (tertiary/aromatic N) is 4. The van der Waals surface area contributed by atoms with Crippen LogP contribution in [0.15, 0.2) is 47.6 Å². The Balaban J connectivity index is 1.46. The molecule has 0 aliphatic carbocycles. The number of rotatable bonds is 5. The van der Waals surface area contributed by atoms with Gasteiger partial charge >= 0.3 is 0 Å². The van der Waals surface area contributed by atoms with E-state index in [-0.39, 0.29) is 18.3 Å². The molecule has 168 valence electrons. The predicted molar refractivity (Wildman–Crippen MR) is 120 cm³/mol. The first-order valence-electron chi connectivity index (χ1n) is 9.89. The number of anilines is 3. The monoisotopic (exact) mass is 439 g/mol. The molecule has 0 spiro atoms. The molecule has 2 amide bonds. The lowest BCUT2D eigenvalue weighted by molar-refractivity contribution is -0.125. The second kappa shape index (κ2) is 8.61. The molecule has 1 unspecified atom stereocenters. The molecule has 0 bridgehead atoms. The number of hydrogen-bond donors (Lipinski definition) is 5. The molecule has 2 aromatic rings. The van der Waals surface area contributed by atoms with Crippen molar-refractivity contribution < 1.29 is 14.3 Å². The van der Waals surface area contributed by atoms with Gasteiger partial charge in [0.15, 0.2) is 0 Å². The van der Waals surface area contributed by atoms with E-state index in [2.05, 4.69) is 21.3 Å². The van der Waals surface area contributed by atoms with Gasteiger partial charge in [0.05, 0.1) is 23.6 Å². The summed E-state index contributed by atoms with van der Waals surface area (Å²) in [5.41, 5.74) is 13.7. The van der Waals surface area contributed by atoms with Gasteiger partial charge in [0.1, 0.15) is 18.4 Å². The number of nitrogen functional groups attached to an aromatic ring is 2. The lowest BCUT2D eigenvalue weighted by Gasteiger charge is -2.22. The zero-order chi connectivity index (χ0) is 22.8. The molecule has 2 aromatic carbocycles. The molecule has 0 saturated carbocycles. The third-order valence-corrected chi connectivity index (χ3v) is 5.20. The van der Waals surface area contributed by atoms with Crippen LogP contribution in [0.5, 0.6) is 5.75 Å². The van der Waals surface area contributed by atoms with Gasteiger partial charge in [-0.25, -0.2) is 5.12 Å². The smallest absolute Gasteiger partial charge is 0.290 e.